The highest BCUT2D eigenvalue weighted by Gasteiger charge is 2.35. The third-order valence-corrected chi connectivity index (χ3v) is 5.82. The van der Waals surface area contributed by atoms with Gasteiger partial charge in [0.15, 0.2) is 0 Å². The van der Waals surface area contributed by atoms with Gasteiger partial charge in [0.2, 0.25) is 5.91 Å². The Morgan fingerprint density at radius 1 is 1.06 bits per heavy atom. The SMILES string of the molecule is COCc1ccccc1CNC(=O)C1CCCN1C(=O)c1ccc2ccccc2c1O. The molecule has 1 atom stereocenters. The van der Waals surface area contributed by atoms with E-state index in [1.54, 1.807) is 24.1 Å². The topological polar surface area (TPSA) is 78.9 Å². The van der Waals surface area contributed by atoms with Crippen LogP contribution in [0.15, 0.2) is 60.7 Å². The van der Waals surface area contributed by atoms with Crippen LogP contribution in [0.2, 0.25) is 0 Å². The monoisotopic (exact) mass is 418 g/mol. The second-order valence-corrected chi connectivity index (χ2v) is 7.76. The summed E-state index contributed by atoms with van der Waals surface area (Å²) in [4.78, 5) is 27.7. The lowest BCUT2D eigenvalue weighted by molar-refractivity contribution is -0.125. The number of amides is 2. The Morgan fingerprint density at radius 2 is 1.81 bits per heavy atom. The fourth-order valence-corrected chi connectivity index (χ4v) is 4.19. The first kappa shape index (κ1) is 20.9. The molecule has 0 bridgehead atoms. The minimum absolute atomic E-state index is 0.0392. The van der Waals surface area contributed by atoms with Crippen molar-refractivity contribution in [2.24, 2.45) is 0 Å². The molecule has 1 aliphatic heterocycles. The van der Waals surface area contributed by atoms with E-state index in [0.29, 0.717) is 31.5 Å². The summed E-state index contributed by atoms with van der Waals surface area (Å²) >= 11 is 0. The van der Waals surface area contributed by atoms with Crippen LogP contribution in [-0.4, -0.2) is 41.5 Å². The van der Waals surface area contributed by atoms with E-state index in [-0.39, 0.29) is 23.1 Å². The number of carbonyl (C=O) groups excluding carboxylic acids is 2. The Morgan fingerprint density at radius 3 is 2.61 bits per heavy atom. The molecule has 6 nitrogen and oxygen atoms in total. The average molecular weight is 418 g/mol. The zero-order valence-corrected chi connectivity index (χ0v) is 17.5. The molecule has 2 N–H and O–H groups in total. The predicted octanol–water partition coefficient (Wildman–Crippen LogP) is 3.61. The summed E-state index contributed by atoms with van der Waals surface area (Å²) in [5, 5.41) is 15.1. The summed E-state index contributed by atoms with van der Waals surface area (Å²) in [7, 11) is 1.64. The van der Waals surface area contributed by atoms with E-state index in [2.05, 4.69) is 5.32 Å². The maximum absolute atomic E-state index is 13.2. The van der Waals surface area contributed by atoms with Gasteiger partial charge in [0.05, 0.1) is 12.2 Å². The number of carbonyl (C=O) groups is 2. The molecular formula is C25H26N2O4. The maximum Gasteiger partial charge on any atom is 0.258 e. The van der Waals surface area contributed by atoms with Crippen molar-refractivity contribution in [1.82, 2.24) is 10.2 Å². The molecule has 2 amide bonds. The summed E-state index contributed by atoms with van der Waals surface area (Å²) in [6, 6.07) is 18.1. The van der Waals surface area contributed by atoms with Crippen LogP contribution in [0.25, 0.3) is 10.8 Å². The van der Waals surface area contributed by atoms with E-state index in [1.807, 2.05) is 48.5 Å². The highest BCUT2D eigenvalue weighted by Crippen LogP contribution is 2.31. The molecule has 0 aromatic heterocycles. The molecule has 1 aliphatic rings. The molecule has 3 aromatic rings. The van der Waals surface area contributed by atoms with E-state index in [1.165, 1.54) is 0 Å². The molecule has 1 saturated heterocycles. The van der Waals surface area contributed by atoms with Crippen LogP contribution in [0.1, 0.15) is 34.3 Å². The smallest absolute Gasteiger partial charge is 0.258 e. The van der Waals surface area contributed by atoms with Crippen LogP contribution >= 0.6 is 0 Å². The minimum Gasteiger partial charge on any atom is -0.506 e. The van der Waals surface area contributed by atoms with Gasteiger partial charge >= 0.3 is 0 Å². The van der Waals surface area contributed by atoms with Crippen molar-refractivity contribution in [3.05, 3.63) is 77.4 Å². The molecule has 3 aromatic carbocycles. The Hall–Kier alpha value is -3.38. The summed E-state index contributed by atoms with van der Waals surface area (Å²) in [6.07, 6.45) is 1.35. The van der Waals surface area contributed by atoms with Gasteiger partial charge in [-0.2, -0.15) is 0 Å². The van der Waals surface area contributed by atoms with Crippen LogP contribution in [0, 0.1) is 0 Å². The van der Waals surface area contributed by atoms with Gasteiger partial charge in [-0.1, -0.05) is 54.6 Å². The van der Waals surface area contributed by atoms with Gasteiger partial charge in [-0.25, -0.2) is 0 Å². The third kappa shape index (κ3) is 4.25. The van der Waals surface area contributed by atoms with E-state index in [4.69, 9.17) is 4.74 Å². The van der Waals surface area contributed by atoms with Crippen LogP contribution in [-0.2, 0) is 22.7 Å². The number of hydrogen-bond donors (Lipinski definition) is 2. The number of aromatic hydroxyl groups is 1. The number of phenols is 1. The summed E-state index contributed by atoms with van der Waals surface area (Å²) in [5.41, 5.74) is 2.23. The van der Waals surface area contributed by atoms with Gasteiger partial charge in [0.25, 0.3) is 5.91 Å². The maximum atomic E-state index is 13.2. The second-order valence-electron chi connectivity index (χ2n) is 7.76. The number of methoxy groups -OCH3 is 1. The van der Waals surface area contributed by atoms with Crippen molar-refractivity contribution in [3.8, 4) is 5.75 Å². The molecule has 6 heteroatoms. The summed E-state index contributed by atoms with van der Waals surface area (Å²) < 4.78 is 5.23. The molecule has 4 rings (SSSR count). The summed E-state index contributed by atoms with van der Waals surface area (Å²) in [6.45, 7) is 1.34. The number of likely N-dealkylation sites (tertiary alicyclic amines) is 1. The quantitative estimate of drug-likeness (QED) is 0.641. The standard InChI is InChI=1S/C25H26N2O4/c1-31-16-19-9-3-2-8-18(19)15-26-24(29)22-11-6-14-27(22)25(30)21-13-12-17-7-4-5-10-20(17)23(21)28/h2-5,7-10,12-13,22,28H,6,11,14-16H2,1H3,(H,26,29). The molecule has 160 valence electrons. The first-order valence-electron chi connectivity index (χ1n) is 10.4. The Kier molecular flexibility index (Phi) is 6.18. The molecule has 0 radical (unpaired) electrons. The van der Waals surface area contributed by atoms with E-state index in [9.17, 15) is 14.7 Å². The fourth-order valence-electron chi connectivity index (χ4n) is 4.19. The zero-order chi connectivity index (χ0) is 21.8. The molecule has 1 unspecified atom stereocenters. The average Bonchev–Trinajstić information content (AvgIpc) is 3.29. The highest BCUT2D eigenvalue weighted by molar-refractivity contribution is 6.05. The van der Waals surface area contributed by atoms with Crippen LogP contribution in [0.5, 0.6) is 5.75 Å². The number of nitrogens with zero attached hydrogens (tertiary/aromatic N) is 1. The minimum atomic E-state index is -0.548. The number of benzene rings is 3. The number of ether oxygens (including phenoxy) is 1. The third-order valence-electron chi connectivity index (χ3n) is 5.82. The second kappa shape index (κ2) is 9.18. The van der Waals surface area contributed by atoms with Gasteiger partial charge in [-0.15, -0.1) is 0 Å². The molecule has 1 heterocycles. The molecular weight excluding hydrogens is 392 g/mol. The van der Waals surface area contributed by atoms with Gasteiger partial charge in [-0.3, -0.25) is 9.59 Å². The van der Waals surface area contributed by atoms with Crippen LogP contribution in [0.4, 0.5) is 0 Å². The predicted molar refractivity (Wildman–Crippen MR) is 119 cm³/mol. The van der Waals surface area contributed by atoms with Gasteiger partial charge < -0.3 is 20.1 Å². The largest absolute Gasteiger partial charge is 0.506 e. The van der Waals surface area contributed by atoms with Gasteiger partial charge in [0, 0.05) is 25.6 Å². The van der Waals surface area contributed by atoms with Crippen molar-refractivity contribution in [2.75, 3.05) is 13.7 Å². The van der Waals surface area contributed by atoms with Gasteiger partial charge in [0.1, 0.15) is 11.8 Å². The number of phenolic OH excluding ortho intramolecular Hbond substituents is 1. The van der Waals surface area contributed by atoms with E-state index in [0.717, 1.165) is 22.9 Å². The molecule has 0 spiro atoms. The van der Waals surface area contributed by atoms with Gasteiger partial charge in [-0.05, 0) is 35.4 Å². The van der Waals surface area contributed by atoms with Crippen LogP contribution < -0.4 is 5.32 Å². The molecule has 0 saturated carbocycles. The number of hydrogen-bond acceptors (Lipinski definition) is 4. The zero-order valence-electron chi connectivity index (χ0n) is 17.5. The lowest BCUT2D eigenvalue weighted by Gasteiger charge is -2.25. The van der Waals surface area contributed by atoms with Crippen molar-refractivity contribution in [2.45, 2.75) is 32.0 Å². The molecule has 31 heavy (non-hydrogen) atoms. The first-order valence-corrected chi connectivity index (χ1v) is 10.4. The highest BCUT2D eigenvalue weighted by atomic mass is 16.5. The van der Waals surface area contributed by atoms with Crippen LogP contribution in [0.3, 0.4) is 0 Å². The molecule has 0 aliphatic carbocycles. The Bertz CT molecular complexity index is 1110. The lowest BCUT2D eigenvalue weighted by Crippen LogP contribution is -2.45. The van der Waals surface area contributed by atoms with E-state index < -0.39 is 6.04 Å². The van der Waals surface area contributed by atoms with Crippen molar-refractivity contribution in [3.63, 3.8) is 0 Å². The number of fused-ring (bicyclic) bond motifs is 1. The normalized spacial score (nSPS) is 15.9. The summed E-state index contributed by atoms with van der Waals surface area (Å²) in [5.74, 6) is -0.540. The first-order chi connectivity index (χ1) is 15.1. The Balaban J connectivity index is 1.49. The van der Waals surface area contributed by atoms with Crippen molar-refractivity contribution in [1.29, 1.82) is 0 Å². The fraction of sp³-hybridized carbons (Fsp3) is 0.280. The number of rotatable bonds is 6. The molecule has 1 fully saturated rings. The van der Waals surface area contributed by atoms with E-state index >= 15 is 0 Å². The van der Waals surface area contributed by atoms with Crippen molar-refractivity contribution < 1.29 is 19.4 Å². The number of nitrogens with one attached hydrogen (secondary N) is 1. The lowest BCUT2D eigenvalue weighted by atomic mass is 10.0. The van der Waals surface area contributed by atoms with Crippen molar-refractivity contribution >= 4 is 22.6 Å². The Labute approximate surface area is 181 Å².